The van der Waals surface area contributed by atoms with Crippen LogP contribution in [0.25, 0.3) is 6.08 Å². The van der Waals surface area contributed by atoms with Crippen LogP contribution >= 0.6 is 35.0 Å². The minimum Gasteiger partial charge on any atom is -0.466 e. The molecule has 5 nitrogen and oxygen atoms in total. The van der Waals surface area contributed by atoms with Gasteiger partial charge in [-0.1, -0.05) is 47.1 Å². The van der Waals surface area contributed by atoms with Gasteiger partial charge in [0.25, 0.3) is 0 Å². The lowest BCUT2D eigenvalue weighted by molar-refractivity contribution is -0.149. The van der Waals surface area contributed by atoms with Crippen molar-refractivity contribution in [3.8, 4) is 0 Å². The first kappa shape index (κ1) is 27.4. The molecule has 0 radical (unpaired) electrons. The summed E-state index contributed by atoms with van der Waals surface area (Å²) in [4.78, 5) is 28.1. The molecular formula is C27H31Cl2NO4S. The van der Waals surface area contributed by atoms with Crippen molar-refractivity contribution in [2.45, 2.75) is 55.9 Å². The molecule has 0 aliphatic carbocycles. The first-order valence-corrected chi connectivity index (χ1v) is 13.2. The van der Waals surface area contributed by atoms with Crippen molar-refractivity contribution >= 4 is 58.7 Å². The highest BCUT2D eigenvalue weighted by Gasteiger charge is 2.26. The predicted octanol–water partition coefficient (Wildman–Crippen LogP) is 7.28. The molecule has 3 rings (SSSR count). The largest absolute Gasteiger partial charge is 0.466 e. The zero-order chi connectivity index (χ0) is 25.6. The van der Waals surface area contributed by atoms with E-state index < -0.39 is 11.6 Å². The number of esters is 2. The lowest BCUT2D eigenvalue weighted by Crippen LogP contribution is -2.36. The van der Waals surface area contributed by atoms with E-state index in [1.165, 1.54) is 17.8 Å². The summed E-state index contributed by atoms with van der Waals surface area (Å²) in [7, 11) is 0. The van der Waals surface area contributed by atoms with Crippen LogP contribution in [-0.2, 0) is 19.1 Å². The molecule has 1 saturated heterocycles. The molecule has 0 amide bonds. The normalized spacial score (nSPS) is 14.9. The highest BCUT2D eigenvalue weighted by molar-refractivity contribution is 7.99. The molecule has 2 aromatic rings. The average Bonchev–Trinajstić information content (AvgIpc) is 2.81. The molecule has 0 N–H and O–H groups in total. The summed E-state index contributed by atoms with van der Waals surface area (Å²) in [5, 5.41) is 0.817. The summed E-state index contributed by atoms with van der Waals surface area (Å²) in [5.41, 5.74) is 1.19. The van der Waals surface area contributed by atoms with Crippen molar-refractivity contribution in [2.24, 2.45) is 5.92 Å². The van der Waals surface area contributed by atoms with E-state index in [-0.39, 0.29) is 11.9 Å². The number of hydrogen-bond donors (Lipinski definition) is 0. The summed E-state index contributed by atoms with van der Waals surface area (Å²) in [6.45, 7) is 9.32. The molecule has 1 aliphatic heterocycles. The topological polar surface area (TPSA) is 55.8 Å². The highest BCUT2D eigenvalue weighted by Crippen LogP contribution is 2.40. The SMILES string of the molecule is CCOC(=O)C1CCN(c2cccc(Sc3ccc(/C=C/C(=O)OC(C)(C)C)c(Cl)c3Cl)c2)CC1. The average molecular weight is 537 g/mol. The summed E-state index contributed by atoms with van der Waals surface area (Å²) < 4.78 is 10.5. The first-order chi connectivity index (χ1) is 16.6. The molecule has 0 saturated carbocycles. The van der Waals surface area contributed by atoms with Crippen LogP contribution in [0.15, 0.2) is 52.3 Å². The van der Waals surface area contributed by atoms with Gasteiger partial charge in [-0.3, -0.25) is 4.79 Å². The van der Waals surface area contributed by atoms with Crippen LogP contribution < -0.4 is 4.90 Å². The lowest BCUT2D eigenvalue weighted by Gasteiger charge is -2.32. The number of rotatable bonds is 7. The molecule has 35 heavy (non-hydrogen) atoms. The summed E-state index contributed by atoms with van der Waals surface area (Å²) >= 11 is 14.6. The maximum Gasteiger partial charge on any atom is 0.331 e. The van der Waals surface area contributed by atoms with Crippen molar-refractivity contribution in [3.05, 3.63) is 58.1 Å². The maximum absolute atomic E-state index is 12.0. The Morgan fingerprint density at radius 2 is 1.83 bits per heavy atom. The van der Waals surface area contributed by atoms with E-state index in [2.05, 4.69) is 17.0 Å². The van der Waals surface area contributed by atoms with Crippen LogP contribution in [-0.4, -0.2) is 37.2 Å². The molecular weight excluding hydrogens is 505 g/mol. The van der Waals surface area contributed by atoms with Gasteiger partial charge in [0.15, 0.2) is 0 Å². The van der Waals surface area contributed by atoms with Crippen LogP contribution in [0.2, 0.25) is 10.0 Å². The molecule has 1 fully saturated rings. The maximum atomic E-state index is 12.0. The summed E-state index contributed by atoms with van der Waals surface area (Å²) in [6.07, 6.45) is 4.54. The van der Waals surface area contributed by atoms with Gasteiger partial charge in [-0.15, -0.1) is 0 Å². The number of anilines is 1. The van der Waals surface area contributed by atoms with Crippen LogP contribution in [0.4, 0.5) is 5.69 Å². The number of piperidine rings is 1. The Labute approximate surface area is 221 Å². The molecule has 0 spiro atoms. The number of halogens is 2. The van der Waals surface area contributed by atoms with E-state index in [0.717, 1.165) is 41.4 Å². The Bertz CT molecular complexity index is 1090. The third-order valence-electron chi connectivity index (χ3n) is 5.41. The number of carbonyl (C=O) groups excluding carboxylic acids is 2. The van der Waals surface area contributed by atoms with Gasteiger partial charge in [-0.2, -0.15) is 0 Å². The molecule has 1 heterocycles. The smallest absolute Gasteiger partial charge is 0.331 e. The second-order valence-electron chi connectivity index (χ2n) is 9.26. The Kier molecular flexibility index (Phi) is 9.56. The van der Waals surface area contributed by atoms with Crippen molar-refractivity contribution in [2.75, 3.05) is 24.6 Å². The second-order valence-corrected chi connectivity index (χ2v) is 11.1. The molecule has 2 aromatic carbocycles. The van der Waals surface area contributed by atoms with Gasteiger partial charge < -0.3 is 14.4 Å². The summed E-state index contributed by atoms with van der Waals surface area (Å²) in [6, 6.07) is 12.0. The van der Waals surface area contributed by atoms with Crippen LogP contribution in [0.5, 0.6) is 0 Å². The fourth-order valence-corrected chi connectivity index (χ4v) is 5.23. The van der Waals surface area contributed by atoms with Gasteiger partial charge in [0.1, 0.15) is 5.60 Å². The second kappa shape index (κ2) is 12.2. The van der Waals surface area contributed by atoms with E-state index >= 15 is 0 Å². The minimum absolute atomic E-state index is 0.0208. The van der Waals surface area contributed by atoms with E-state index in [1.54, 1.807) is 6.08 Å². The Morgan fingerprint density at radius 3 is 2.49 bits per heavy atom. The van der Waals surface area contributed by atoms with E-state index in [0.29, 0.717) is 22.2 Å². The minimum atomic E-state index is -0.561. The Balaban J connectivity index is 1.67. The molecule has 188 valence electrons. The Morgan fingerprint density at radius 1 is 1.11 bits per heavy atom. The number of carbonyl (C=O) groups is 2. The van der Waals surface area contributed by atoms with Gasteiger partial charge in [0.05, 0.1) is 22.6 Å². The predicted molar refractivity (Wildman–Crippen MR) is 143 cm³/mol. The zero-order valence-electron chi connectivity index (χ0n) is 20.5. The molecule has 0 bridgehead atoms. The molecule has 0 atom stereocenters. The van der Waals surface area contributed by atoms with Crippen LogP contribution in [0, 0.1) is 5.92 Å². The van der Waals surface area contributed by atoms with E-state index in [4.69, 9.17) is 32.7 Å². The van der Waals surface area contributed by atoms with Gasteiger partial charge in [-0.05, 0) is 76.4 Å². The third kappa shape index (κ3) is 7.92. The Hall–Kier alpha value is -2.15. The molecule has 0 aromatic heterocycles. The lowest BCUT2D eigenvalue weighted by atomic mass is 9.96. The number of ether oxygens (including phenoxy) is 2. The number of benzene rings is 2. The quantitative estimate of drug-likeness (QED) is 0.274. The molecule has 1 aliphatic rings. The van der Waals surface area contributed by atoms with Crippen molar-refractivity contribution in [3.63, 3.8) is 0 Å². The van der Waals surface area contributed by atoms with Gasteiger partial charge in [0.2, 0.25) is 0 Å². The summed E-state index contributed by atoms with van der Waals surface area (Å²) in [5.74, 6) is -0.550. The fourth-order valence-electron chi connectivity index (χ4n) is 3.75. The van der Waals surface area contributed by atoms with Gasteiger partial charge >= 0.3 is 11.9 Å². The van der Waals surface area contributed by atoms with Gasteiger partial charge in [0, 0.05) is 34.6 Å². The molecule has 8 heteroatoms. The van der Waals surface area contributed by atoms with Gasteiger partial charge in [-0.25, -0.2) is 4.79 Å². The number of nitrogens with zero attached hydrogens (tertiary/aromatic N) is 1. The first-order valence-electron chi connectivity index (χ1n) is 11.7. The zero-order valence-corrected chi connectivity index (χ0v) is 22.8. The standard InChI is InChI=1S/C27H31Cl2NO4S/c1-5-33-26(32)19-13-15-30(16-14-19)20-7-6-8-21(17-20)35-22-11-9-18(24(28)25(22)29)10-12-23(31)34-27(2,3)4/h6-12,17,19H,5,13-16H2,1-4H3/b12-10+. The van der Waals surface area contributed by atoms with Crippen LogP contribution in [0.3, 0.4) is 0 Å². The third-order valence-corrected chi connectivity index (χ3v) is 7.47. The van der Waals surface area contributed by atoms with Crippen molar-refractivity contribution < 1.29 is 19.1 Å². The van der Waals surface area contributed by atoms with E-state index in [9.17, 15) is 9.59 Å². The fraction of sp³-hybridized carbons (Fsp3) is 0.407. The highest BCUT2D eigenvalue weighted by atomic mass is 35.5. The van der Waals surface area contributed by atoms with Crippen molar-refractivity contribution in [1.82, 2.24) is 0 Å². The van der Waals surface area contributed by atoms with E-state index in [1.807, 2.05) is 52.0 Å². The van der Waals surface area contributed by atoms with Crippen LogP contribution in [0.1, 0.15) is 46.1 Å². The molecule has 0 unspecified atom stereocenters. The number of hydrogen-bond acceptors (Lipinski definition) is 6. The van der Waals surface area contributed by atoms with Crippen molar-refractivity contribution in [1.29, 1.82) is 0 Å². The monoisotopic (exact) mass is 535 g/mol.